The van der Waals surface area contributed by atoms with Crippen LogP contribution in [-0.2, 0) is 15.8 Å². The maximum atomic E-state index is 12.8. The van der Waals surface area contributed by atoms with Crippen molar-refractivity contribution in [3.8, 4) is 0 Å². The summed E-state index contributed by atoms with van der Waals surface area (Å²) in [5.41, 5.74) is 3.11. The molecule has 4 nitrogen and oxygen atoms in total. The first-order chi connectivity index (χ1) is 11.5. The number of rotatable bonds is 4. The number of benzene rings is 2. The molecule has 24 heavy (non-hydrogen) atoms. The molecule has 0 amide bonds. The van der Waals surface area contributed by atoms with Gasteiger partial charge in [0.2, 0.25) is 10.0 Å². The molecule has 128 valence electrons. The smallest absolute Gasteiger partial charge is 0.218 e. The van der Waals surface area contributed by atoms with E-state index < -0.39 is 10.0 Å². The third kappa shape index (κ3) is 4.16. The van der Waals surface area contributed by atoms with Crippen LogP contribution in [0.1, 0.15) is 17.5 Å². The van der Waals surface area contributed by atoms with Gasteiger partial charge in [-0.15, -0.1) is 0 Å². The largest absolute Gasteiger partial charge is 0.370 e. The Kier molecular flexibility index (Phi) is 5.21. The van der Waals surface area contributed by atoms with Gasteiger partial charge in [-0.05, 0) is 31.0 Å². The van der Waals surface area contributed by atoms with Crippen LogP contribution in [0.25, 0.3) is 0 Å². The molecule has 1 heterocycles. The predicted octanol–water partition coefficient (Wildman–Crippen LogP) is 3.04. The van der Waals surface area contributed by atoms with Crippen LogP contribution in [0.2, 0.25) is 0 Å². The molecule has 0 bridgehead atoms. The lowest BCUT2D eigenvalue weighted by atomic mass is 10.2. The highest BCUT2D eigenvalue weighted by Gasteiger charge is 2.25. The van der Waals surface area contributed by atoms with E-state index >= 15 is 0 Å². The lowest BCUT2D eigenvalue weighted by molar-refractivity contribution is 0.432. The van der Waals surface area contributed by atoms with Crippen LogP contribution in [0.15, 0.2) is 54.6 Å². The summed E-state index contributed by atoms with van der Waals surface area (Å²) < 4.78 is 27.2. The van der Waals surface area contributed by atoms with E-state index in [-0.39, 0.29) is 5.75 Å². The second-order valence-electron chi connectivity index (χ2n) is 6.32. The van der Waals surface area contributed by atoms with Gasteiger partial charge in [0.1, 0.15) is 0 Å². The second kappa shape index (κ2) is 7.36. The topological polar surface area (TPSA) is 40.6 Å². The molecule has 0 saturated carbocycles. The second-order valence-corrected chi connectivity index (χ2v) is 8.29. The van der Waals surface area contributed by atoms with E-state index in [4.69, 9.17) is 0 Å². The van der Waals surface area contributed by atoms with Crippen LogP contribution in [0, 0.1) is 6.92 Å². The van der Waals surface area contributed by atoms with Crippen LogP contribution in [0.4, 0.5) is 5.69 Å². The molecule has 1 aliphatic heterocycles. The van der Waals surface area contributed by atoms with Gasteiger partial charge >= 0.3 is 0 Å². The molecular weight excluding hydrogens is 320 g/mol. The first-order valence-corrected chi connectivity index (χ1v) is 9.99. The molecule has 0 atom stereocenters. The normalized spacial score (nSPS) is 16.8. The maximum absolute atomic E-state index is 12.8. The van der Waals surface area contributed by atoms with Crippen molar-refractivity contribution >= 4 is 15.7 Å². The summed E-state index contributed by atoms with van der Waals surface area (Å²) in [6.45, 7) is 4.75. The van der Waals surface area contributed by atoms with Crippen molar-refractivity contribution < 1.29 is 8.42 Å². The first kappa shape index (κ1) is 17.0. The molecule has 0 aromatic heterocycles. The Morgan fingerprint density at radius 3 is 2.46 bits per heavy atom. The Hall–Kier alpha value is -1.85. The molecule has 0 unspecified atom stereocenters. The Balaban J connectivity index is 1.68. The number of sulfonamides is 1. The number of para-hydroxylation sites is 1. The van der Waals surface area contributed by atoms with E-state index in [1.165, 1.54) is 0 Å². The Bertz CT molecular complexity index is 775. The van der Waals surface area contributed by atoms with Crippen molar-refractivity contribution in [3.63, 3.8) is 0 Å². The molecule has 2 aromatic carbocycles. The number of hydrogen-bond acceptors (Lipinski definition) is 3. The minimum absolute atomic E-state index is 0.0834. The summed E-state index contributed by atoms with van der Waals surface area (Å²) in [4.78, 5) is 2.27. The average Bonchev–Trinajstić information content (AvgIpc) is 2.82. The van der Waals surface area contributed by atoms with Gasteiger partial charge < -0.3 is 4.90 Å². The van der Waals surface area contributed by atoms with Crippen LogP contribution in [0.5, 0.6) is 0 Å². The third-order valence-corrected chi connectivity index (χ3v) is 6.25. The van der Waals surface area contributed by atoms with Crippen molar-refractivity contribution in [2.75, 3.05) is 31.1 Å². The molecule has 0 spiro atoms. The molecule has 2 aromatic rings. The summed E-state index contributed by atoms with van der Waals surface area (Å²) in [7, 11) is -3.28. The van der Waals surface area contributed by atoms with Gasteiger partial charge in [0.15, 0.2) is 0 Å². The molecule has 1 fully saturated rings. The Labute approximate surface area is 144 Å². The molecule has 0 N–H and O–H groups in total. The molecule has 3 rings (SSSR count). The van der Waals surface area contributed by atoms with Crippen LogP contribution >= 0.6 is 0 Å². The first-order valence-electron chi connectivity index (χ1n) is 8.38. The molecule has 1 aliphatic rings. The molecule has 5 heteroatoms. The number of nitrogens with zero attached hydrogens (tertiary/aromatic N) is 2. The van der Waals surface area contributed by atoms with Gasteiger partial charge in [-0.3, -0.25) is 0 Å². The monoisotopic (exact) mass is 344 g/mol. The van der Waals surface area contributed by atoms with Crippen molar-refractivity contribution in [3.05, 3.63) is 65.7 Å². The molecule has 0 aliphatic carbocycles. The SMILES string of the molecule is Cc1cccc(CS(=O)(=O)N2CCCN(c3ccccc3)CC2)c1. The minimum atomic E-state index is -3.28. The zero-order valence-electron chi connectivity index (χ0n) is 14.1. The highest BCUT2D eigenvalue weighted by Crippen LogP contribution is 2.19. The number of aryl methyl sites for hydroxylation is 1. The van der Waals surface area contributed by atoms with E-state index in [9.17, 15) is 8.42 Å². The van der Waals surface area contributed by atoms with Crippen LogP contribution in [-0.4, -0.2) is 38.9 Å². The predicted molar refractivity (Wildman–Crippen MR) is 98.6 cm³/mol. The van der Waals surface area contributed by atoms with Crippen LogP contribution < -0.4 is 4.90 Å². The fraction of sp³-hybridized carbons (Fsp3) is 0.368. The summed E-state index contributed by atoms with van der Waals surface area (Å²) in [6, 6.07) is 17.9. The third-order valence-electron chi connectivity index (χ3n) is 4.40. The zero-order valence-corrected chi connectivity index (χ0v) is 14.9. The van der Waals surface area contributed by atoms with Gasteiger partial charge in [-0.1, -0.05) is 48.0 Å². The molecule has 0 radical (unpaired) electrons. The van der Waals surface area contributed by atoms with Gasteiger partial charge in [0.25, 0.3) is 0 Å². The lowest BCUT2D eigenvalue weighted by Crippen LogP contribution is -2.36. The van der Waals surface area contributed by atoms with Gasteiger partial charge in [0, 0.05) is 31.9 Å². The van der Waals surface area contributed by atoms with E-state index in [1.54, 1.807) is 4.31 Å². The fourth-order valence-corrected chi connectivity index (χ4v) is 4.72. The van der Waals surface area contributed by atoms with E-state index in [1.807, 2.05) is 49.4 Å². The Morgan fingerprint density at radius 2 is 1.71 bits per heavy atom. The summed E-state index contributed by atoms with van der Waals surface area (Å²) in [5.74, 6) is 0.0834. The van der Waals surface area contributed by atoms with Crippen molar-refractivity contribution in [2.24, 2.45) is 0 Å². The summed E-state index contributed by atoms with van der Waals surface area (Å²) in [5, 5.41) is 0. The summed E-state index contributed by atoms with van der Waals surface area (Å²) >= 11 is 0. The van der Waals surface area contributed by atoms with Crippen molar-refractivity contribution in [2.45, 2.75) is 19.1 Å². The highest BCUT2D eigenvalue weighted by atomic mass is 32.2. The maximum Gasteiger partial charge on any atom is 0.218 e. The average molecular weight is 344 g/mol. The van der Waals surface area contributed by atoms with E-state index in [2.05, 4.69) is 17.0 Å². The quantitative estimate of drug-likeness (QED) is 0.856. The molecule has 1 saturated heterocycles. The number of hydrogen-bond donors (Lipinski definition) is 0. The number of anilines is 1. The summed E-state index contributed by atoms with van der Waals surface area (Å²) in [6.07, 6.45) is 0.849. The van der Waals surface area contributed by atoms with Gasteiger partial charge in [0.05, 0.1) is 5.75 Å². The standard InChI is InChI=1S/C19H24N2O2S/c1-17-7-5-8-18(15-17)16-24(22,23)21-12-6-11-20(13-14-21)19-9-3-2-4-10-19/h2-5,7-10,15H,6,11-14,16H2,1H3. The van der Waals surface area contributed by atoms with Crippen LogP contribution in [0.3, 0.4) is 0 Å². The van der Waals surface area contributed by atoms with Gasteiger partial charge in [-0.25, -0.2) is 8.42 Å². The van der Waals surface area contributed by atoms with Gasteiger partial charge in [-0.2, -0.15) is 4.31 Å². The lowest BCUT2D eigenvalue weighted by Gasteiger charge is -2.23. The zero-order chi connectivity index (χ0) is 17.0. The molecular formula is C19H24N2O2S. The fourth-order valence-electron chi connectivity index (χ4n) is 3.17. The van der Waals surface area contributed by atoms with Crippen molar-refractivity contribution in [1.29, 1.82) is 0 Å². The minimum Gasteiger partial charge on any atom is -0.370 e. The highest BCUT2D eigenvalue weighted by molar-refractivity contribution is 7.88. The van der Waals surface area contributed by atoms with Crippen molar-refractivity contribution in [1.82, 2.24) is 4.31 Å². The Morgan fingerprint density at radius 1 is 0.917 bits per heavy atom. The van der Waals surface area contributed by atoms with E-state index in [0.29, 0.717) is 13.1 Å². The van der Waals surface area contributed by atoms with E-state index in [0.717, 1.165) is 36.3 Å².